The summed E-state index contributed by atoms with van der Waals surface area (Å²) >= 11 is 0. The number of rotatable bonds is 5. The molecule has 10 aromatic carbocycles. The third kappa shape index (κ3) is 5.16. The van der Waals surface area contributed by atoms with E-state index >= 15 is 0 Å². The average molecular weight is 659 g/mol. The molecule has 0 aliphatic carbocycles. The summed E-state index contributed by atoms with van der Waals surface area (Å²) in [6.45, 7) is 0. The monoisotopic (exact) mass is 658 g/mol. The van der Waals surface area contributed by atoms with Crippen molar-refractivity contribution in [3.8, 4) is 33.4 Å². The first-order valence-corrected chi connectivity index (χ1v) is 18.0. The molecule has 0 heteroatoms. The van der Waals surface area contributed by atoms with Gasteiger partial charge in [0.15, 0.2) is 0 Å². The highest BCUT2D eigenvalue weighted by Gasteiger charge is 2.18. The fourth-order valence-electron chi connectivity index (χ4n) is 8.10. The Morgan fingerprint density at radius 2 is 0.692 bits per heavy atom. The Labute approximate surface area is 303 Å². The minimum Gasteiger partial charge on any atom is -0.0616 e. The number of fused-ring (bicyclic) bond motifs is 6. The maximum Gasteiger partial charge on any atom is -0.00199 e. The van der Waals surface area contributed by atoms with Crippen LogP contribution in [0.2, 0.25) is 0 Å². The molecule has 0 bridgehead atoms. The number of hydrogen-bond donors (Lipinski definition) is 0. The molecule has 242 valence electrons. The molecule has 0 saturated heterocycles. The highest BCUT2D eigenvalue weighted by atomic mass is 14.2. The highest BCUT2D eigenvalue weighted by molar-refractivity contribution is 6.25. The van der Waals surface area contributed by atoms with E-state index in [1.807, 2.05) is 0 Å². The van der Waals surface area contributed by atoms with Gasteiger partial charge in [-0.15, -0.1) is 0 Å². The van der Waals surface area contributed by atoms with Crippen molar-refractivity contribution in [1.82, 2.24) is 0 Å². The van der Waals surface area contributed by atoms with Crippen molar-refractivity contribution in [3.05, 3.63) is 205 Å². The molecule has 0 unspecified atom stereocenters. The van der Waals surface area contributed by atoms with E-state index in [0.29, 0.717) is 0 Å². The van der Waals surface area contributed by atoms with E-state index in [1.165, 1.54) is 98.4 Å². The lowest BCUT2D eigenvalue weighted by molar-refractivity contribution is 1.61. The molecule has 0 heterocycles. The molecule has 0 aromatic heterocycles. The molecular formula is C52H34. The molecule has 0 amide bonds. The quantitative estimate of drug-likeness (QED) is 0.0981. The third-order valence-electron chi connectivity index (χ3n) is 10.6. The Kier molecular flexibility index (Phi) is 7.25. The van der Waals surface area contributed by atoms with Gasteiger partial charge in [0.2, 0.25) is 0 Å². The van der Waals surface area contributed by atoms with Crippen LogP contribution in [0.5, 0.6) is 0 Å². The molecule has 0 atom stereocenters. The van der Waals surface area contributed by atoms with E-state index in [-0.39, 0.29) is 0 Å². The van der Waals surface area contributed by atoms with Gasteiger partial charge in [0.1, 0.15) is 0 Å². The fraction of sp³-hybridized carbons (Fsp3) is 0. The van der Waals surface area contributed by atoms with Gasteiger partial charge < -0.3 is 0 Å². The van der Waals surface area contributed by atoms with Crippen molar-refractivity contribution in [2.45, 2.75) is 0 Å². The van der Waals surface area contributed by atoms with E-state index in [1.54, 1.807) is 0 Å². The second-order valence-electron chi connectivity index (χ2n) is 13.7. The summed E-state index contributed by atoms with van der Waals surface area (Å²) in [6, 6.07) is 71.0. The Bertz CT molecular complexity index is 2920. The van der Waals surface area contributed by atoms with Crippen LogP contribution in [-0.2, 0) is 0 Å². The van der Waals surface area contributed by atoms with Gasteiger partial charge in [-0.1, -0.05) is 194 Å². The summed E-state index contributed by atoms with van der Waals surface area (Å²) in [6.07, 6.45) is 4.41. The summed E-state index contributed by atoms with van der Waals surface area (Å²) in [4.78, 5) is 0. The van der Waals surface area contributed by atoms with E-state index < -0.39 is 0 Å². The zero-order valence-corrected chi connectivity index (χ0v) is 28.6. The second kappa shape index (κ2) is 12.5. The lowest BCUT2D eigenvalue weighted by Crippen LogP contribution is -1.92. The summed E-state index contributed by atoms with van der Waals surface area (Å²) in [5.41, 5.74) is 9.90. The molecule has 0 N–H and O–H groups in total. The minimum absolute atomic E-state index is 1.18. The highest BCUT2D eigenvalue weighted by Crippen LogP contribution is 2.46. The van der Waals surface area contributed by atoms with Crippen molar-refractivity contribution in [3.63, 3.8) is 0 Å². The smallest absolute Gasteiger partial charge is 0.00199 e. The third-order valence-corrected chi connectivity index (χ3v) is 10.6. The number of benzene rings is 10. The maximum absolute atomic E-state index is 2.39. The van der Waals surface area contributed by atoms with Crippen LogP contribution in [0.3, 0.4) is 0 Å². The second-order valence-corrected chi connectivity index (χ2v) is 13.7. The Hall–Kier alpha value is -6.76. The molecule has 0 spiro atoms. The van der Waals surface area contributed by atoms with Crippen molar-refractivity contribution in [1.29, 1.82) is 0 Å². The summed E-state index contributed by atoms with van der Waals surface area (Å²) in [5, 5.41) is 12.7. The topological polar surface area (TPSA) is 0 Å². The average Bonchev–Trinajstić information content (AvgIpc) is 3.22. The van der Waals surface area contributed by atoms with Crippen molar-refractivity contribution in [2.24, 2.45) is 0 Å². The molecular weight excluding hydrogens is 625 g/mol. The van der Waals surface area contributed by atoms with Gasteiger partial charge in [-0.3, -0.25) is 0 Å². The Morgan fingerprint density at radius 3 is 1.31 bits per heavy atom. The molecule has 0 saturated carbocycles. The predicted molar refractivity (Wildman–Crippen MR) is 226 cm³/mol. The van der Waals surface area contributed by atoms with E-state index in [0.717, 1.165) is 0 Å². The summed E-state index contributed by atoms with van der Waals surface area (Å²) in [7, 11) is 0. The predicted octanol–water partition coefficient (Wildman–Crippen LogP) is 14.6. The lowest BCUT2D eigenvalue weighted by Gasteiger charge is -2.19. The fourth-order valence-corrected chi connectivity index (χ4v) is 8.10. The summed E-state index contributed by atoms with van der Waals surface area (Å²) < 4.78 is 0. The first-order valence-electron chi connectivity index (χ1n) is 18.0. The molecule has 0 fully saturated rings. The van der Waals surface area contributed by atoms with Crippen LogP contribution in [0.15, 0.2) is 194 Å². The Morgan fingerprint density at radius 1 is 0.250 bits per heavy atom. The van der Waals surface area contributed by atoms with Crippen LogP contribution in [0.4, 0.5) is 0 Å². The largest absolute Gasteiger partial charge is 0.0616 e. The standard InChI is InChI=1S/C52H34/c1-2-12-40-33-41(32-31-37(40)11-1)38-27-23-35(24-28-38)21-22-36-25-29-39(30-26-36)51-46-17-7-9-19-48(46)52(49-20-10-8-18-47(49)51)50-34-42-13-3-4-14-43(42)44-15-5-6-16-45(44)50/h1-34H. The minimum atomic E-state index is 1.18. The summed E-state index contributed by atoms with van der Waals surface area (Å²) in [5.74, 6) is 0. The van der Waals surface area contributed by atoms with Gasteiger partial charge in [0.05, 0.1) is 0 Å². The zero-order valence-electron chi connectivity index (χ0n) is 28.6. The molecule has 0 aliphatic heterocycles. The lowest BCUT2D eigenvalue weighted by atomic mass is 9.84. The van der Waals surface area contributed by atoms with Gasteiger partial charge in [0, 0.05) is 0 Å². The van der Waals surface area contributed by atoms with Crippen molar-refractivity contribution < 1.29 is 0 Å². The van der Waals surface area contributed by atoms with Crippen LogP contribution in [0, 0.1) is 0 Å². The van der Waals surface area contributed by atoms with Gasteiger partial charge in [-0.25, -0.2) is 0 Å². The van der Waals surface area contributed by atoms with Crippen LogP contribution in [-0.4, -0.2) is 0 Å². The SMILES string of the molecule is C(=Cc1ccc(-c2c3ccccc3c(-c3cc4ccccc4c4ccccc34)c3ccccc23)cc1)c1ccc(-c2ccc3ccccc3c2)cc1. The number of hydrogen-bond acceptors (Lipinski definition) is 0. The van der Waals surface area contributed by atoms with Gasteiger partial charge in [-0.2, -0.15) is 0 Å². The van der Waals surface area contributed by atoms with Crippen molar-refractivity contribution in [2.75, 3.05) is 0 Å². The van der Waals surface area contributed by atoms with Gasteiger partial charge in [0.25, 0.3) is 0 Å². The molecule has 0 nitrogen and oxygen atoms in total. The zero-order chi connectivity index (χ0) is 34.4. The molecule has 52 heavy (non-hydrogen) atoms. The van der Waals surface area contributed by atoms with Crippen LogP contribution >= 0.6 is 0 Å². The molecule has 10 aromatic rings. The molecule has 10 rings (SSSR count). The first-order chi connectivity index (χ1) is 25.8. The molecule has 0 aliphatic rings. The van der Waals surface area contributed by atoms with Crippen LogP contribution in [0.25, 0.3) is 99.4 Å². The van der Waals surface area contributed by atoms with E-state index in [2.05, 4.69) is 206 Å². The van der Waals surface area contributed by atoms with E-state index in [9.17, 15) is 0 Å². The van der Waals surface area contributed by atoms with Gasteiger partial charge in [-0.05, 0) is 111 Å². The van der Waals surface area contributed by atoms with E-state index in [4.69, 9.17) is 0 Å². The normalized spacial score (nSPS) is 11.8. The van der Waals surface area contributed by atoms with Crippen LogP contribution < -0.4 is 0 Å². The van der Waals surface area contributed by atoms with Crippen molar-refractivity contribution >= 4 is 66.0 Å². The first kappa shape index (κ1) is 30.1. The molecule has 0 radical (unpaired) electrons. The Balaban J connectivity index is 1.03. The van der Waals surface area contributed by atoms with Crippen LogP contribution in [0.1, 0.15) is 11.1 Å². The maximum atomic E-state index is 2.39. The van der Waals surface area contributed by atoms with Gasteiger partial charge >= 0.3 is 0 Å².